The lowest BCUT2D eigenvalue weighted by molar-refractivity contribution is 0.549. The van der Waals surface area contributed by atoms with Crippen LogP contribution in [0.1, 0.15) is 31.7 Å². The number of hydrogen-bond donors (Lipinski definition) is 0. The van der Waals surface area contributed by atoms with Crippen LogP contribution in [0.5, 0.6) is 0 Å². The molecule has 84 valence electrons. The highest BCUT2D eigenvalue weighted by atomic mass is 79.9. The van der Waals surface area contributed by atoms with Crippen molar-refractivity contribution in [1.29, 1.82) is 0 Å². The minimum atomic E-state index is -0.444. The van der Waals surface area contributed by atoms with Crippen molar-refractivity contribution >= 4 is 27.5 Å². The maximum atomic E-state index is 13.5. The number of rotatable bonds is 3. The van der Waals surface area contributed by atoms with Gasteiger partial charge >= 0.3 is 0 Å². The molecular weight excluding hydrogens is 285 g/mol. The average Bonchev–Trinajstić information content (AvgIpc) is 2.11. The van der Waals surface area contributed by atoms with Crippen LogP contribution in [-0.2, 0) is 0 Å². The molecule has 0 aliphatic rings. The average molecular weight is 298 g/mol. The summed E-state index contributed by atoms with van der Waals surface area (Å²) in [6, 6.07) is 2.25. The molecule has 0 N–H and O–H groups in total. The van der Waals surface area contributed by atoms with Crippen molar-refractivity contribution in [2.75, 3.05) is 0 Å². The molecule has 0 nitrogen and oxygen atoms in total. The first-order valence-electron chi connectivity index (χ1n) is 4.71. The van der Waals surface area contributed by atoms with Crippen molar-refractivity contribution < 1.29 is 8.78 Å². The third-order valence-corrected chi connectivity index (χ3v) is 3.23. The molecule has 2 unspecified atom stereocenters. The number of hydrogen-bond acceptors (Lipinski definition) is 0. The summed E-state index contributed by atoms with van der Waals surface area (Å²) in [5.74, 6) is -0.948. The molecule has 0 aliphatic carbocycles. The Labute approximate surface area is 102 Å². The molecule has 0 radical (unpaired) electrons. The highest BCUT2D eigenvalue weighted by Crippen LogP contribution is 2.33. The molecule has 0 saturated carbocycles. The maximum absolute atomic E-state index is 13.5. The van der Waals surface area contributed by atoms with Gasteiger partial charge in [0.2, 0.25) is 0 Å². The van der Waals surface area contributed by atoms with Crippen molar-refractivity contribution in [3.63, 3.8) is 0 Å². The highest BCUT2D eigenvalue weighted by molar-refractivity contribution is 9.10. The smallest absolute Gasteiger partial charge is 0.137 e. The summed E-state index contributed by atoms with van der Waals surface area (Å²) >= 11 is 8.90. The largest absolute Gasteiger partial charge is 0.207 e. The van der Waals surface area contributed by atoms with Crippen molar-refractivity contribution in [3.8, 4) is 0 Å². The van der Waals surface area contributed by atoms with Gasteiger partial charge in [-0.15, -0.1) is 11.6 Å². The van der Waals surface area contributed by atoms with Gasteiger partial charge in [0.25, 0.3) is 0 Å². The first-order valence-corrected chi connectivity index (χ1v) is 5.94. The second-order valence-corrected chi connectivity index (χ2v) is 5.21. The molecule has 4 heteroatoms. The lowest BCUT2D eigenvalue weighted by atomic mass is 9.96. The van der Waals surface area contributed by atoms with Gasteiger partial charge in [0, 0.05) is 10.9 Å². The van der Waals surface area contributed by atoms with Crippen LogP contribution in [-0.4, -0.2) is 5.38 Å². The Bertz CT molecular complexity index is 353. The SMILES string of the molecule is CC(Cl)CC(C)c1c(F)ccc(F)c1Br. The van der Waals surface area contributed by atoms with E-state index in [-0.39, 0.29) is 15.8 Å². The van der Waals surface area contributed by atoms with Gasteiger partial charge in [-0.3, -0.25) is 0 Å². The fraction of sp³-hybridized carbons (Fsp3) is 0.455. The topological polar surface area (TPSA) is 0 Å². The van der Waals surface area contributed by atoms with Gasteiger partial charge in [0.15, 0.2) is 0 Å². The lowest BCUT2D eigenvalue weighted by Gasteiger charge is -2.16. The standard InChI is InChI=1S/C11H12BrClF2/c1-6(5-7(2)13)10-8(14)3-4-9(15)11(10)12/h3-4,6-7H,5H2,1-2H3. The van der Waals surface area contributed by atoms with E-state index in [4.69, 9.17) is 11.6 Å². The zero-order chi connectivity index (χ0) is 11.6. The number of benzene rings is 1. The predicted octanol–water partition coefficient (Wildman–Crippen LogP) is 4.85. The third-order valence-electron chi connectivity index (χ3n) is 2.25. The van der Waals surface area contributed by atoms with Crippen molar-refractivity contribution in [2.24, 2.45) is 0 Å². The Morgan fingerprint density at radius 2 is 1.80 bits per heavy atom. The highest BCUT2D eigenvalue weighted by Gasteiger charge is 2.18. The van der Waals surface area contributed by atoms with Crippen LogP contribution in [0.2, 0.25) is 0 Å². The molecule has 0 aliphatic heterocycles. The molecule has 1 aromatic rings. The van der Waals surface area contributed by atoms with E-state index in [0.717, 1.165) is 12.1 Å². The van der Waals surface area contributed by atoms with Crippen LogP contribution in [0.15, 0.2) is 16.6 Å². The molecule has 0 heterocycles. The van der Waals surface area contributed by atoms with E-state index in [2.05, 4.69) is 15.9 Å². The zero-order valence-corrected chi connectivity index (χ0v) is 10.9. The Balaban J connectivity index is 3.07. The summed E-state index contributed by atoms with van der Waals surface area (Å²) < 4.78 is 26.9. The molecule has 0 fully saturated rings. The van der Waals surface area contributed by atoms with Crippen molar-refractivity contribution in [2.45, 2.75) is 31.6 Å². The van der Waals surface area contributed by atoms with Crippen LogP contribution in [0.25, 0.3) is 0 Å². The Hall–Kier alpha value is -0.150. The predicted molar refractivity (Wildman–Crippen MR) is 62.4 cm³/mol. The molecular formula is C11H12BrClF2. The molecule has 0 amide bonds. The normalized spacial score (nSPS) is 15.1. The van der Waals surface area contributed by atoms with Crippen LogP contribution >= 0.6 is 27.5 Å². The van der Waals surface area contributed by atoms with Crippen molar-refractivity contribution in [1.82, 2.24) is 0 Å². The van der Waals surface area contributed by atoms with Crippen LogP contribution in [0.4, 0.5) is 8.78 Å². The van der Waals surface area contributed by atoms with E-state index in [9.17, 15) is 8.78 Å². The van der Waals surface area contributed by atoms with Gasteiger partial charge in [0.05, 0.1) is 4.47 Å². The summed E-state index contributed by atoms with van der Waals surface area (Å²) in [6.07, 6.45) is 0.612. The van der Waals surface area contributed by atoms with Crippen molar-refractivity contribution in [3.05, 3.63) is 33.8 Å². The second kappa shape index (κ2) is 5.26. The number of alkyl halides is 1. The van der Waals surface area contributed by atoms with E-state index in [1.54, 1.807) is 0 Å². The van der Waals surface area contributed by atoms with Gasteiger partial charge in [0.1, 0.15) is 11.6 Å². The lowest BCUT2D eigenvalue weighted by Crippen LogP contribution is -2.05. The van der Waals surface area contributed by atoms with Crippen LogP contribution in [0, 0.1) is 11.6 Å². The van der Waals surface area contributed by atoms with Gasteiger partial charge in [-0.2, -0.15) is 0 Å². The fourth-order valence-electron chi connectivity index (χ4n) is 1.60. The summed E-state index contributed by atoms with van der Waals surface area (Å²) in [6.45, 7) is 3.67. The van der Waals surface area contributed by atoms with E-state index in [1.165, 1.54) is 0 Å². The van der Waals surface area contributed by atoms with Gasteiger partial charge < -0.3 is 0 Å². The van der Waals surface area contributed by atoms with Gasteiger partial charge in [-0.25, -0.2) is 8.78 Å². The molecule has 0 spiro atoms. The Morgan fingerprint density at radius 1 is 1.27 bits per heavy atom. The summed E-state index contributed by atoms with van der Waals surface area (Å²) in [4.78, 5) is 0. The van der Waals surface area contributed by atoms with E-state index in [0.29, 0.717) is 12.0 Å². The minimum absolute atomic E-state index is 0.0606. The molecule has 15 heavy (non-hydrogen) atoms. The third kappa shape index (κ3) is 3.15. The summed E-state index contributed by atoms with van der Waals surface area (Å²) in [5, 5.41) is -0.0606. The fourth-order valence-corrected chi connectivity index (χ4v) is 2.58. The quantitative estimate of drug-likeness (QED) is 0.553. The maximum Gasteiger partial charge on any atom is 0.137 e. The molecule has 0 saturated heterocycles. The second-order valence-electron chi connectivity index (χ2n) is 3.67. The Morgan fingerprint density at radius 3 is 2.33 bits per heavy atom. The van der Waals surface area contributed by atoms with Gasteiger partial charge in [-0.05, 0) is 47.3 Å². The number of halogens is 4. The van der Waals surface area contributed by atoms with E-state index < -0.39 is 11.6 Å². The Kier molecular flexibility index (Phi) is 4.53. The van der Waals surface area contributed by atoms with E-state index >= 15 is 0 Å². The van der Waals surface area contributed by atoms with Crippen LogP contribution in [0.3, 0.4) is 0 Å². The minimum Gasteiger partial charge on any atom is -0.207 e. The molecule has 2 atom stereocenters. The first kappa shape index (κ1) is 12.9. The molecule has 1 rings (SSSR count). The van der Waals surface area contributed by atoms with Crippen LogP contribution < -0.4 is 0 Å². The summed E-state index contributed by atoms with van der Waals surface area (Å²) in [5.41, 5.74) is 0.363. The summed E-state index contributed by atoms with van der Waals surface area (Å²) in [7, 11) is 0. The zero-order valence-electron chi connectivity index (χ0n) is 8.53. The molecule has 0 bridgehead atoms. The monoisotopic (exact) mass is 296 g/mol. The van der Waals surface area contributed by atoms with Gasteiger partial charge in [-0.1, -0.05) is 6.92 Å². The molecule has 1 aromatic carbocycles. The first-order chi connectivity index (χ1) is 6.93. The van der Waals surface area contributed by atoms with E-state index in [1.807, 2.05) is 13.8 Å². The molecule has 0 aromatic heterocycles.